The Bertz CT molecular complexity index is 395. The molecule has 0 saturated heterocycles. The third-order valence-electron chi connectivity index (χ3n) is 2.76. The highest BCUT2D eigenvalue weighted by Gasteiger charge is 2.13. The Labute approximate surface area is 118 Å². The first kappa shape index (κ1) is 16.0. The summed E-state index contributed by atoms with van der Waals surface area (Å²) >= 11 is 1.38. The summed E-state index contributed by atoms with van der Waals surface area (Å²) in [6.07, 6.45) is 3.08. The average molecular weight is 286 g/mol. The number of aromatic nitrogens is 3. The Morgan fingerprint density at radius 3 is 2.89 bits per heavy atom. The molecule has 1 aromatic rings. The van der Waals surface area contributed by atoms with Gasteiger partial charge in [0, 0.05) is 18.7 Å². The fraction of sp³-hybridized carbons (Fsp3) is 0.750. The quantitative estimate of drug-likeness (QED) is 0.703. The molecule has 1 rings (SSSR count). The zero-order chi connectivity index (χ0) is 14.3. The molecule has 0 radical (unpaired) electrons. The first-order chi connectivity index (χ1) is 9.08. The predicted octanol–water partition coefficient (Wildman–Crippen LogP) is 1.23. The number of aliphatic hydroxyl groups is 1. The van der Waals surface area contributed by atoms with Gasteiger partial charge in [-0.05, 0) is 26.7 Å². The molecule has 0 fully saturated rings. The van der Waals surface area contributed by atoms with Gasteiger partial charge in [-0.15, -0.1) is 10.2 Å². The number of aliphatic hydroxyl groups excluding tert-OH is 1. The van der Waals surface area contributed by atoms with Crippen LogP contribution in [0.1, 0.15) is 39.7 Å². The van der Waals surface area contributed by atoms with E-state index >= 15 is 0 Å². The van der Waals surface area contributed by atoms with E-state index in [9.17, 15) is 4.79 Å². The summed E-state index contributed by atoms with van der Waals surface area (Å²) in [4.78, 5) is 11.8. The molecule has 2 N–H and O–H groups in total. The van der Waals surface area contributed by atoms with E-state index in [4.69, 9.17) is 5.11 Å². The van der Waals surface area contributed by atoms with E-state index in [1.54, 1.807) is 6.33 Å². The van der Waals surface area contributed by atoms with Crippen molar-refractivity contribution in [1.82, 2.24) is 20.1 Å². The van der Waals surface area contributed by atoms with Crippen LogP contribution in [0.15, 0.2) is 11.5 Å². The lowest BCUT2D eigenvalue weighted by atomic mass is 10.1. The van der Waals surface area contributed by atoms with Gasteiger partial charge in [0.15, 0.2) is 5.16 Å². The van der Waals surface area contributed by atoms with E-state index in [0.29, 0.717) is 12.2 Å². The van der Waals surface area contributed by atoms with Crippen LogP contribution in [-0.4, -0.2) is 44.2 Å². The van der Waals surface area contributed by atoms with Gasteiger partial charge in [0.2, 0.25) is 5.91 Å². The van der Waals surface area contributed by atoms with Crippen molar-refractivity contribution in [3.05, 3.63) is 6.33 Å². The summed E-state index contributed by atoms with van der Waals surface area (Å²) in [6, 6.07) is 0.319. The number of nitrogens with zero attached hydrogens (tertiary/aromatic N) is 3. The number of nitrogens with one attached hydrogen (secondary N) is 1. The number of rotatable bonds is 8. The molecule has 1 atom stereocenters. The van der Waals surface area contributed by atoms with Gasteiger partial charge in [0.05, 0.1) is 5.75 Å². The largest absolute Gasteiger partial charge is 0.396 e. The standard InChI is InChI=1S/C12H22N4O2S/c1-4-10(5-6-17)14-11(18)7-19-12-15-13-8-16(12)9(2)3/h8-10,17H,4-7H2,1-3H3,(H,14,18). The predicted molar refractivity (Wildman–Crippen MR) is 75.1 cm³/mol. The smallest absolute Gasteiger partial charge is 0.230 e. The third kappa shape index (κ3) is 5.20. The highest BCUT2D eigenvalue weighted by molar-refractivity contribution is 7.99. The number of hydrogen-bond acceptors (Lipinski definition) is 5. The van der Waals surface area contributed by atoms with Crippen molar-refractivity contribution in [2.75, 3.05) is 12.4 Å². The number of amides is 1. The number of carbonyl (C=O) groups excluding carboxylic acids is 1. The van der Waals surface area contributed by atoms with E-state index in [1.165, 1.54) is 11.8 Å². The van der Waals surface area contributed by atoms with Crippen LogP contribution < -0.4 is 5.32 Å². The summed E-state index contributed by atoms with van der Waals surface area (Å²) < 4.78 is 1.93. The molecule has 0 spiro atoms. The molecule has 0 aromatic carbocycles. The normalized spacial score (nSPS) is 12.7. The molecule has 7 heteroatoms. The fourth-order valence-corrected chi connectivity index (χ4v) is 2.48. The van der Waals surface area contributed by atoms with Crippen LogP contribution in [0, 0.1) is 0 Å². The number of hydrogen-bond donors (Lipinski definition) is 2. The third-order valence-corrected chi connectivity index (χ3v) is 3.72. The lowest BCUT2D eigenvalue weighted by molar-refractivity contribution is -0.119. The zero-order valence-corrected chi connectivity index (χ0v) is 12.5. The van der Waals surface area contributed by atoms with Crippen molar-refractivity contribution < 1.29 is 9.90 Å². The lowest BCUT2D eigenvalue weighted by Crippen LogP contribution is -2.36. The Balaban J connectivity index is 2.43. The zero-order valence-electron chi connectivity index (χ0n) is 11.7. The van der Waals surface area contributed by atoms with Gasteiger partial charge in [0.25, 0.3) is 0 Å². The monoisotopic (exact) mass is 286 g/mol. The van der Waals surface area contributed by atoms with E-state index in [-0.39, 0.29) is 24.6 Å². The van der Waals surface area contributed by atoms with Crippen molar-refractivity contribution >= 4 is 17.7 Å². The number of thioether (sulfide) groups is 1. The Hall–Kier alpha value is -1.08. The summed E-state index contributed by atoms with van der Waals surface area (Å²) in [5, 5.41) is 20.4. The van der Waals surface area contributed by atoms with Crippen LogP contribution in [-0.2, 0) is 4.79 Å². The maximum absolute atomic E-state index is 11.8. The van der Waals surface area contributed by atoms with E-state index < -0.39 is 0 Å². The Morgan fingerprint density at radius 2 is 2.32 bits per heavy atom. The van der Waals surface area contributed by atoms with Crippen molar-refractivity contribution in [1.29, 1.82) is 0 Å². The van der Waals surface area contributed by atoms with E-state index in [0.717, 1.165) is 11.6 Å². The second-order valence-corrected chi connectivity index (χ2v) is 5.53. The molecule has 1 amide bonds. The molecule has 0 aliphatic carbocycles. The van der Waals surface area contributed by atoms with Gasteiger partial charge < -0.3 is 15.0 Å². The second-order valence-electron chi connectivity index (χ2n) is 4.59. The highest BCUT2D eigenvalue weighted by Crippen LogP contribution is 2.18. The van der Waals surface area contributed by atoms with Crippen molar-refractivity contribution in [2.24, 2.45) is 0 Å². The lowest BCUT2D eigenvalue weighted by Gasteiger charge is -2.15. The maximum Gasteiger partial charge on any atom is 0.230 e. The molecule has 0 aliphatic rings. The first-order valence-electron chi connectivity index (χ1n) is 6.51. The Kier molecular flexibility index (Phi) is 6.86. The topological polar surface area (TPSA) is 80.0 Å². The Morgan fingerprint density at radius 1 is 1.58 bits per heavy atom. The second kappa shape index (κ2) is 8.16. The van der Waals surface area contributed by atoms with Crippen molar-refractivity contribution in [3.8, 4) is 0 Å². The maximum atomic E-state index is 11.8. The van der Waals surface area contributed by atoms with Crippen LogP contribution in [0.3, 0.4) is 0 Å². The summed E-state index contributed by atoms with van der Waals surface area (Å²) in [7, 11) is 0. The van der Waals surface area contributed by atoms with Gasteiger partial charge in [-0.25, -0.2) is 0 Å². The first-order valence-corrected chi connectivity index (χ1v) is 7.49. The molecule has 1 heterocycles. The van der Waals surface area contributed by atoms with Gasteiger partial charge in [0.1, 0.15) is 6.33 Å². The molecule has 0 bridgehead atoms. The molecule has 19 heavy (non-hydrogen) atoms. The van der Waals surface area contributed by atoms with Crippen LogP contribution in [0.2, 0.25) is 0 Å². The summed E-state index contributed by atoms with van der Waals surface area (Å²) in [5.74, 6) is 0.275. The number of carbonyl (C=O) groups is 1. The minimum Gasteiger partial charge on any atom is -0.396 e. The molecular formula is C12H22N4O2S. The van der Waals surface area contributed by atoms with Crippen molar-refractivity contribution in [2.45, 2.75) is 50.9 Å². The van der Waals surface area contributed by atoms with Gasteiger partial charge in [-0.1, -0.05) is 18.7 Å². The molecule has 6 nitrogen and oxygen atoms in total. The average Bonchev–Trinajstić information content (AvgIpc) is 2.84. The van der Waals surface area contributed by atoms with E-state index in [1.807, 2.05) is 25.3 Å². The van der Waals surface area contributed by atoms with Crippen LogP contribution in [0.25, 0.3) is 0 Å². The van der Waals surface area contributed by atoms with Gasteiger partial charge >= 0.3 is 0 Å². The highest BCUT2D eigenvalue weighted by atomic mass is 32.2. The van der Waals surface area contributed by atoms with Crippen LogP contribution in [0.5, 0.6) is 0 Å². The van der Waals surface area contributed by atoms with Crippen LogP contribution >= 0.6 is 11.8 Å². The molecule has 1 aromatic heterocycles. The van der Waals surface area contributed by atoms with Crippen molar-refractivity contribution in [3.63, 3.8) is 0 Å². The fourth-order valence-electron chi connectivity index (χ4n) is 1.62. The summed E-state index contributed by atoms with van der Waals surface area (Å²) in [5.41, 5.74) is 0. The van der Waals surface area contributed by atoms with Gasteiger partial charge in [-0.3, -0.25) is 4.79 Å². The van der Waals surface area contributed by atoms with E-state index in [2.05, 4.69) is 15.5 Å². The SMILES string of the molecule is CCC(CCO)NC(=O)CSc1nncn1C(C)C. The molecule has 0 aliphatic heterocycles. The minimum atomic E-state index is -0.0383. The molecule has 0 saturated carbocycles. The molecule has 1 unspecified atom stereocenters. The van der Waals surface area contributed by atoms with Crippen LogP contribution in [0.4, 0.5) is 0 Å². The molecular weight excluding hydrogens is 264 g/mol. The minimum absolute atomic E-state index is 0.0383. The summed E-state index contributed by atoms with van der Waals surface area (Å²) in [6.45, 7) is 6.17. The van der Waals surface area contributed by atoms with Gasteiger partial charge in [-0.2, -0.15) is 0 Å². The molecule has 108 valence electrons.